The van der Waals surface area contributed by atoms with Gasteiger partial charge >= 0.3 is 5.69 Å². The molecule has 36 heavy (non-hydrogen) atoms. The smallest absolute Gasteiger partial charge is 0.325 e. The number of rotatable bonds is 6. The summed E-state index contributed by atoms with van der Waals surface area (Å²) in [5.74, 6) is 0.463. The number of hydrogen-bond acceptors (Lipinski definition) is 7. The highest BCUT2D eigenvalue weighted by molar-refractivity contribution is 7.09. The standard InChI is InChI=1S/C25H18ClN5O4S/c1-14-22(29-13-36-14)12-35-19-6-15(5-17(26)8-19)20-7-16(21-10-28-25(34)30-23(21)32)11-31(24(20)33)18-3-2-4-27-9-18/h2-11,13H,12H2,1H3,(H2,28,30,32,34). The van der Waals surface area contributed by atoms with E-state index >= 15 is 0 Å². The Morgan fingerprint density at radius 1 is 1.11 bits per heavy atom. The zero-order valence-electron chi connectivity index (χ0n) is 18.8. The zero-order chi connectivity index (χ0) is 25.2. The fourth-order valence-corrected chi connectivity index (χ4v) is 4.48. The van der Waals surface area contributed by atoms with E-state index in [-0.39, 0.29) is 23.3 Å². The number of pyridine rings is 2. The number of ether oxygens (including phenoxy) is 1. The number of thiazole rings is 1. The van der Waals surface area contributed by atoms with Crippen LogP contribution in [0.15, 0.2) is 81.1 Å². The summed E-state index contributed by atoms with van der Waals surface area (Å²) in [6.45, 7) is 2.21. The molecule has 11 heteroatoms. The summed E-state index contributed by atoms with van der Waals surface area (Å²) in [7, 11) is 0. The molecule has 0 aliphatic heterocycles. The van der Waals surface area contributed by atoms with Gasteiger partial charge in [0.2, 0.25) is 0 Å². The molecule has 4 heterocycles. The van der Waals surface area contributed by atoms with Crippen molar-refractivity contribution < 1.29 is 4.74 Å². The first-order chi connectivity index (χ1) is 17.4. The zero-order valence-corrected chi connectivity index (χ0v) is 20.4. The van der Waals surface area contributed by atoms with Gasteiger partial charge in [0.1, 0.15) is 12.4 Å². The fourth-order valence-electron chi connectivity index (χ4n) is 3.67. The third-order valence-corrected chi connectivity index (χ3v) is 6.49. The molecule has 0 unspecified atom stereocenters. The summed E-state index contributed by atoms with van der Waals surface area (Å²) in [5.41, 5.74) is 2.88. The van der Waals surface area contributed by atoms with Crippen LogP contribution in [0.4, 0.5) is 0 Å². The second-order valence-corrected chi connectivity index (χ2v) is 9.33. The van der Waals surface area contributed by atoms with Gasteiger partial charge in [-0.05, 0) is 48.9 Å². The Balaban J connectivity index is 1.66. The van der Waals surface area contributed by atoms with Gasteiger partial charge in [-0.3, -0.25) is 24.1 Å². The quantitative estimate of drug-likeness (QED) is 0.350. The predicted octanol–water partition coefficient (Wildman–Crippen LogP) is 3.94. The van der Waals surface area contributed by atoms with Crippen molar-refractivity contribution in [2.24, 2.45) is 0 Å². The Kier molecular flexibility index (Phi) is 6.36. The van der Waals surface area contributed by atoms with Crippen molar-refractivity contribution >= 4 is 22.9 Å². The summed E-state index contributed by atoms with van der Waals surface area (Å²) in [6, 6.07) is 10.0. The number of H-pyrrole nitrogens is 2. The van der Waals surface area contributed by atoms with Crippen LogP contribution in [0, 0.1) is 6.92 Å². The van der Waals surface area contributed by atoms with Gasteiger partial charge in [-0.2, -0.15) is 0 Å². The molecular weight excluding hydrogens is 502 g/mol. The molecule has 180 valence electrons. The van der Waals surface area contributed by atoms with Crippen molar-refractivity contribution in [2.75, 3.05) is 0 Å². The molecule has 0 aliphatic carbocycles. The Bertz CT molecular complexity index is 1740. The molecule has 5 rings (SSSR count). The van der Waals surface area contributed by atoms with Crippen molar-refractivity contribution in [3.8, 4) is 33.7 Å². The SMILES string of the molecule is Cc1scnc1COc1cc(Cl)cc(-c2cc(-c3c[nH]c(=O)[nH]c3=O)cn(-c3cccnc3)c2=O)c1. The predicted molar refractivity (Wildman–Crippen MR) is 138 cm³/mol. The highest BCUT2D eigenvalue weighted by atomic mass is 35.5. The molecule has 0 radical (unpaired) electrons. The van der Waals surface area contributed by atoms with Gasteiger partial charge in [-0.1, -0.05) is 11.6 Å². The molecule has 0 bridgehead atoms. The van der Waals surface area contributed by atoms with E-state index in [1.165, 1.54) is 34.5 Å². The second kappa shape index (κ2) is 9.76. The third kappa shape index (κ3) is 4.77. The molecule has 9 nitrogen and oxygen atoms in total. The lowest BCUT2D eigenvalue weighted by atomic mass is 10.0. The van der Waals surface area contributed by atoms with Crippen LogP contribution in [0.1, 0.15) is 10.6 Å². The van der Waals surface area contributed by atoms with Crippen LogP contribution < -0.4 is 21.5 Å². The van der Waals surface area contributed by atoms with Crippen LogP contribution in [0.5, 0.6) is 5.75 Å². The third-order valence-electron chi connectivity index (χ3n) is 5.47. The number of aromatic amines is 2. The maximum absolute atomic E-state index is 13.6. The normalized spacial score (nSPS) is 10.9. The van der Waals surface area contributed by atoms with Crippen molar-refractivity contribution in [1.82, 2.24) is 24.5 Å². The van der Waals surface area contributed by atoms with E-state index in [0.29, 0.717) is 27.6 Å². The number of benzene rings is 1. The number of aryl methyl sites for hydroxylation is 1. The van der Waals surface area contributed by atoms with E-state index in [2.05, 4.69) is 19.9 Å². The molecule has 0 saturated heterocycles. The van der Waals surface area contributed by atoms with E-state index in [1.54, 1.807) is 48.1 Å². The fraction of sp³-hybridized carbons (Fsp3) is 0.0800. The first-order valence-corrected chi connectivity index (χ1v) is 12.0. The Hall–Kier alpha value is -4.28. The molecule has 0 spiro atoms. The average Bonchev–Trinajstić information content (AvgIpc) is 3.28. The van der Waals surface area contributed by atoms with Crippen molar-refractivity contribution in [1.29, 1.82) is 0 Å². The van der Waals surface area contributed by atoms with Crippen LogP contribution in [-0.2, 0) is 6.61 Å². The first-order valence-electron chi connectivity index (χ1n) is 10.7. The minimum Gasteiger partial charge on any atom is -0.487 e. The summed E-state index contributed by atoms with van der Waals surface area (Å²) in [5, 5.41) is 0.372. The van der Waals surface area contributed by atoms with E-state index in [1.807, 2.05) is 6.92 Å². The summed E-state index contributed by atoms with van der Waals surface area (Å²) < 4.78 is 7.31. The van der Waals surface area contributed by atoms with Crippen molar-refractivity contribution in [3.63, 3.8) is 0 Å². The van der Waals surface area contributed by atoms with E-state index in [4.69, 9.17) is 16.3 Å². The topological polar surface area (TPSA) is 123 Å². The van der Waals surface area contributed by atoms with Crippen LogP contribution >= 0.6 is 22.9 Å². The van der Waals surface area contributed by atoms with Gasteiger partial charge in [0, 0.05) is 39.6 Å². The molecule has 2 N–H and O–H groups in total. The van der Waals surface area contributed by atoms with E-state index < -0.39 is 11.2 Å². The lowest BCUT2D eigenvalue weighted by molar-refractivity contribution is 0.301. The van der Waals surface area contributed by atoms with E-state index in [9.17, 15) is 14.4 Å². The van der Waals surface area contributed by atoms with Crippen molar-refractivity contribution in [2.45, 2.75) is 13.5 Å². The summed E-state index contributed by atoms with van der Waals surface area (Å²) in [4.78, 5) is 51.8. The monoisotopic (exact) mass is 519 g/mol. The second-order valence-electron chi connectivity index (χ2n) is 7.83. The molecule has 1 aromatic carbocycles. The molecule has 0 aliphatic rings. The Morgan fingerprint density at radius 3 is 2.69 bits per heavy atom. The number of nitrogens with one attached hydrogen (secondary N) is 2. The van der Waals surface area contributed by atoms with Crippen LogP contribution in [0.2, 0.25) is 5.02 Å². The van der Waals surface area contributed by atoms with Crippen LogP contribution in [0.3, 0.4) is 0 Å². The minimum absolute atomic E-state index is 0.186. The molecular formula is C25H18ClN5O4S. The van der Waals surface area contributed by atoms with Crippen molar-refractivity contribution in [3.05, 3.63) is 113 Å². The minimum atomic E-state index is -0.628. The molecule has 0 fully saturated rings. The maximum Gasteiger partial charge on any atom is 0.325 e. The van der Waals surface area contributed by atoms with Gasteiger partial charge in [0.05, 0.1) is 28.7 Å². The number of hydrogen-bond donors (Lipinski definition) is 2. The highest BCUT2D eigenvalue weighted by Gasteiger charge is 2.16. The molecule has 4 aromatic heterocycles. The van der Waals surface area contributed by atoms with Gasteiger partial charge in [-0.15, -0.1) is 11.3 Å². The van der Waals surface area contributed by atoms with Gasteiger partial charge in [-0.25, -0.2) is 9.78 Å². The van der Waals surface area contributed by atoms with Crippen LogP contribution in [-0.4, -0.2) is 24.5 Å². The average molecular weight is 520 g/mol. The van der Waals surface area contributed by atoms with Crippen LogP contribution in [0.25, 0.3) is 27.9 Å². The number of halogens is 1. The highest BCUT2D eigenvalue weighted by Crippen LogP contribution is 2.30. The molecule has 5 aromatic rings. The summed E-state index contributed by atoms with van der Waals surface area (Å²) >= 11 is 7.92. The summed E-state index contributed by atoms with van der Waals surface area (Å²) in [6.07, 6.45) is 5.96. The first kappa shape index (κ1) is 23.5. The van der Waals surface area contributed by atoms with E-state index in [0.717, 1.165) is 10.6 Å². The molecule has 0 atom stereocenters. The number of nitrogens with zero attached hydrogens (tertiary/aromatic N) is 3. The Morgan fingerprint density at radius 2 is 1.97 bits per heavy atom. The lowest BCUT2D eigenvalue weighted by Gasteiger charge is -2.13. The number of aromatic nitrogens is 5. The lowest BCUT2D eigenvalue weighted by Crippen LogP contribution is -2.24. The molecule has 0 saturated carbocycles. The maximum atomic E-state index is 13.6. The van der Waals surface area contributed by atoms with Gasteiger partial charge < -0.3 is 9.72 Å². The molecule has 0 amide bonds. The Labute approximate surface area is 212 Å². The van der Waals surface area contributed by atoms with Gasteiger partial charge in [0.15, 0.2) is 0 Å². The van der Waals surface area contributed by atoms with Gasteiger partial charge in [0.25, 0.3) is 11.1 Å². The largest absolute Gasteiger partial charge is 0.487 e.